The maximum absolute atomic E-state index is 5.98. The number of thiazole rings is 1. The van der Waals surface area contributed by atoms with Crippen molar-refractivity contribution < 1.29 is 4.74 Å². The standard InChI is InChI=1S/C14H22N2OS/c1-8-9(2)18-14(16-8)7-12(15-3)11-6-10-4-5-13(11)17-10/h10-13,15H,4-7H2,1-3H3. The van der Waals surface area contributed by atoms with Gasteiger partial charge in [0.1, 0.15) is 0 Å². The summed E-state index contributed by atoms with van der Waals surface area (Å²) in [5, 5.41) is 4.76. The van der Waals surface area contributed by atoms with Crippen LogP contribution in [0.4, 0.5) is 0 Å². The quantitative estimate of drug-likeness (QED) is 0.909. The smallest absolute Gasteiger partial charge is 0.0946 e. The summed E-state index contributed by atoms with van der Waals surface area (Å²) < 4.78 is 5.98. The van der Waals surface area contributed by atoms with Crippen molar-refractivity contribution >= 4 is 11.3 Å². The largest absolute Gasteiger partial charge is 0.375 e. The predicted octanol–water partition coefficient (Wildman–Crippen LogP) is 2.46. The van der Waals surface area contributed by atoms with E-state index in [-0.39, 0.29) is 0 Å². The summed E-state index contributed by atoms with van der Waals surface area (Å²) in [5.41, 5.74) is 1.19. The molecule has 18 heavy (non-hydrogen) atoms. The molecule has 1 aromatic heterocycles. The van der Waals surface area contributed by atoms with E-state index >= 15 is 0 Å². The van der Waals surface area contributed by atoms with E-state index in [0.29, 0.717) is 24.2 Å². The molecule has 2 saturated heterocycles. The van der Waals surface area contributed by atoms with Crippen molar-refractivity contribution in [3.8, 4) is 0 Å². The van der Waals surface area contributed by atoms with E-state index in [9.17, 15) is 0 Å². The SMILES string of the molecule is CNC(Cc1nc(C)c(C)s1)C1CC2CCC1O2. The molecule has 0 amide bonds. The third-order valence-electron chi connectivity index (χ3n) is 4.51. The Morgan fingerprint density at radius 2 is 2.28 bits per heavy atom. The number of fused-ring (bicyclic) bond motifs is 2. The minimum atomic E-state index is 0.495. The molecule has 3 rings (SSSR count). The number of aromatic nitrogens is 1. The van der Waals surface area contributed by atoms with Gasteiger partial charge in [-0.15, -0.1) is 11.3 Å². The molecule has 2 bridgehead atoms. The van der Waals surface area contributed by atoms with Crippen LogP contribution in [-0.2, 0) is 11.2 Å². The van der Waals surface area contributed by atoms with Gasteiger partial charge in [-0.05, 0) is 40.2 Å². The molecule has 1 N–H and O–H groups in total. The first kappa shape index (κ1) is 12.6. The normalized spacial score (nSPS) is 32.1. The van der Waals surface area contributed by atoms with Crippen LogP contribution in [0, 0.1) is 19.8 Å². The van der Waals surface area contributed by atoms with Gasteiger partial charge >= 0.3 is 0 Å². The first-order valence-corrected chi connectivity index (χ1v) is 7.74. The lowest BCUT2D eigenvalue weighted by molar-refractivity contribution is 0.0863. The highest BCUT2D eigenvalue weighted by Gasteiger charge is 2.44. The molecular formula is C14H22N2OS. The van der Waals surface area contributed by atoms with Crippen LogP contribution in [-0.4, -0.2) is 30.3 Å². The number of nitrogens with zero attached hydrogens (tertiary/aromatic N) is 1. The number of ether oxygens (including phenoxy) is 1. The van der Waals surface area contributed by atoms with Crippen molar-refractivity contribution in [1.29, 1.82) is 0 Å². The molecular weight excluding hydrogens is 244 g/mol. The molecule has 3 nitrogen and oxygen atoms in total. The molecule has 4 atom stereocenters. The van der Waals surface area contributed by atoms with Gasteiger partial charge in [-0.1, -0.05) is 0 Å². The minimum absolute atomic E-state index is 0.495. The van der Waals surface area contributed by atoms with Crippen LogP contribution in [0.2, 0.25) is 0 Å². The first-order valence-electron chi connectivity index (χ1n) is 6.93. The van der Waals surface area contributed by atoms with E-state index in [1.807, 2.05) is 11.3 Å². The van der Waals surface area contributed by atoms with E-state index in [2.05, 4.69) is 31.2 Å². The third-order valence-corrected chi connectivity index (χ3v) is 5.60. The van der Waals surface area contributed by atoms with Crippen molar-refractivity contribution in [3.63, 3.8) is 0 Å². The summed E-state index contributed by atoms with van der Waals surface area (Å²) >= 11 is 1.84. The Kier molecular flexibility index (Phi) is 3.43. The van der Waals surface area contributed by atoms with Gasteiger partial charge in [0.05, 0.1) is 22.9 Å². The number of rotatable bonds is 4. The number of aryl methyl sites for hydroxylation is 2. The van der Waals surface area contributed by atoms with Crippen molar-refractivity contribution in [3.05, 3.63) is 15.6 Å². The Bertz CT molecular complexity index is 412. The van der Waals surface area contributed by atoms with Crippen LogP contribution < -0.4 is 5.32 Å². The second-order valence-corrected chi connectivity index (χ2v) is 6.91. The number of hydrogen-bond donors (Lipinski definition) is 1. The Balaban J connectivity index is 1.69. The highest BCUT2D eigenvalue weighted by Crippen LogP contribution is 2.41. The van der Waals surface area contributed by atoms with Crippen LogP contribution in [0.25, 0.3) is 0 Å². The minimum Gasteiger partial charge on any atom is -0.375 e. The lowest BCUT2D eigenvalue weighted by Crippen LogP contribution is -2.40. The van der Waals surface area contributed by atoms with Gasteiger partial charge in [0.2, 0.25) is 0 Å². The topological polar surface area (TPSA) is 34.2 Å². The van der Waals surface area contributed by atoms with Gasteiger partial charge in [-0.3, -0.25) is 0 Å². The van der Waals surface area contributed by atoms with E-state index in [4.69, 9.17) is 4.74 Å². The monoisotopic (exact) mass is 266 g/mol. The van der Waals surface area contributed by atoms with E-state index in [1.165, 1.54) is 34.8 Å². The number of nitrogens with one attached hydrogen (secondary N) is 1. The summed E-state index contributed by atoms with van der Waals surface area (Å²) in [5.74, 6) is 0.679. The second-order valence-electron chi connectivity index (χ2n) is 5.62. The molecule has 3 heterocycles. The Morgan fingerprint density at radius 3 is 2.78 bits per heavy atom. The van der Waals surface area contributed by atoms with Gasteiger partial charge < -0.3 is 10.1 Å². The van der Waals surface area contributed by atoms with E-state index < -0.39 is 0 Å². The zero-order valence-electron chi connectivity index (χ0n) is 11.4. The molecule has 0 saturated carbocycles. The second kappa shape index (κ2) is 4.91. The van der Waals surface area contributed by atoms with E-state index in [0.717, 1.165) is 6.42 Å². The van der Waals surface area contributed by atoms with Crippen LogP contribution in [0.1, 0.15) is 34.8 Å². The van der Waals surface area contributed by atoms with Crippen molar-refractivity contribution in [1.82, 2.24) is 10.3 Å². The summed E-state index contributed by atoms with van der Waals surface area (Å²) in [6, 6.07) is 0.519. The highest BCUT2D eigenvalue weighted by atomic mass is 32.1. The molecule has 4 unspecified atom stereocenters. The number of hydrogen-bond acceptors (Lipinski definition) is 4. The van der Waals surface area contributed by atoms with E-state index in [1.54, 1.807) is 0 Å². The lowest BCUT2D eigenvalue weighted by atomic mass is 9.83. The molecule has 2 aliphatic rings. The lowest BCUT2D eigenvalue weighted by Gasteiger charge is -2.27. The van der Waals surface area contributed by atoms with Gasteiger partial charge in [0, 0.05) is 23.3 Å². The first-order chi connectivity index (χ1) is 8.67. The molecule has 0 spiro atoms. The predicted molar refractivity (Wildman–Crippen MR) is 74.1 cm³/mol. The van der Waals surface area contributed by atoms with Gasteiger partial charge in [-0.25, -0.2) is 4.98 Å². The molecule has 4 heteroatoms. The molecule has 1 aromatic rings. The maximum atomic E-state index is 5.98. The molecule has 0 aromatic carbocycles. The Hall–Kier alpha value is -0.450. The average molecular weight is 266 g/mol. The fourth-order valence-electron chi connectivity index (χ4n) is 3.38. The molecule has 2 aliphatic heterocycles. The summed E-state index contributed by atoms with van der Waals surface area (Å²) in [7, 11) is 2.07. The van der Waals surface area contributed by atoms with Crippen LogP contribution >= 0.6 is 11.3 Å². The van der Waals surface area contributed by atoms with Crippen LogP contribution in [0.5, 0.6) is 0 Å². The van der Waals surface area contributed by atoms with Crippen molar-refractivity contribution in [2.24, 2.45) is 5.92 Å². The third kappa shape index (κ3) is 2.22. The Labute approximate surface area is 113 Å². The summed E-state index contributed by atoms with van der Waals surface area (Å²) in [4.78, 5) is 6.02. The maximum Gasteiger partial charge on any atom is 0.0946 e. The fourth-order valence-corrected chi connectivity index (χ4v) is 4.37. The molecule has 0 aliphatic carbocycles. The molecule has 100 valence electrons. The summed E-state index contributed by atoms with van der Waals surface area (Å²) in [6.07, 6.45) is 5.84. The van der Waals surface area contributed by atoms with Crippen molar-refractivity contribution in [2.45, 2.75) is 57.8 Å². The summed E-state index contributed by atoms with van der Waals surface area (Å²) in [6.45, 7) is 4.26. The molecule has 2 fully saturated rings. The van der Waals surface area contributed by atoms with Crippen molar-refractivity contribution in [2.75, 3.05) is 7.05 Å². The number of likely N-dealkylation sites (N-methyl/N-ethyl adjacent to an activating group) is 1. The van der Waals surface area contributed by atoms with Gasteiger partial charge in [0.15, 0.2) is 0 Å². The van der Waals surface area contributed by atoms with Gasteiger partial charge in [-0.2, -0.15) is 0 Å². The molecule has 0 radical (unpaired) electrons. The van der Waals surface area contributed by atoms with Crippen LogP contribution in [0.3, 0.4) is 0 Å². The average Bonchev–Trinajstić information content (AvgIpc) is 3.03. The van der Waals surface area contributed by atoms with Gasteiger partial charge in [0.25, 0.3) is 0 Å². The zero-order valence-corrected chi connectivity index (χ0v) is 12.2. The fraction of sp³-hybridized carbons (Fsp3) is 0.786. The highest BCUT2D eigenvalue weighted by molar-refractivity contribution is 7.11. The zero-order chi connectivity index (χ0) is 12.7. The van der Waals surface area contributed by atoms with Crippen LogP contribution in [0.15, 0.2) is 0 Å². The Morgan fingerprint density at radius 1 is 1.44 bits per heavy atom.